The lowest BCUT2D eigenvalue weighted by atomic mass is 10.00. The molecule has 1 fully saturated rings. The van der Waals surface area contributed by atoms with E-state index in [1.807, 2.05) is 0 Å². The second-order valence-electron chi connectivity index (χ2n) is 16.9. The number of esters is 2. The van der Waals surface area contributed by atoms with Crippen molar-refractivity contribution in [1.29, 1.82) is 0 Å². The number of carbonyl (C=O) groups excluding carboxylic acids is 2. The molecule has 12 nitrogen and oxygen atoms in total. The smallest absolute Gasteiger partial charge is 0.306 e. The van der Waals surface area contributed by atoms with Crippen LogP contribution in [0.4, 0.5) is 0 Å². The second-order valence-corrected chi connectivity index (χ2v) is 18.4. The third-order valence-corrected chi connectivity index (χ3v) is 11.9. The molecule has 0 aromatic heterocycles. The molecule has 4 N–H and O–H groups in total. The summed E-state index contributed by atoms with van der Waals surface area (Å²) in [5, 5.41) is 30.9. The summed E-state index contributed by atoms with van der Waals surface area (Å²) in [6, 6.07) is 0. The van der Waals surface area contributed by atoms with Crippen LogP contribution in [0.2, 0.25) is 0 Å². The molecular weight excluding hydrogens is 789 g/mol. The van der Waals surface area contributed by atoms with E-state index in [4.69, 9.17) is 18.9 Å². The Morgan fingerprint density at radius 2 is 1.00 bits per heavy atom. The molecule has 0 aromatic rings. The summed E-state index contributed by atoms with van der Waals surface area (Å²) in [7, 11) is -4.60. The summed E-state index contributed by atoms with van der Waals surface area (Å²) >= 11 is 0. The zero-order chi connectivity index (χ0) is 44.1. The van der Waals surface area contributed by atoms with E-state index in [0.29, 0.717) is 12.8 Å². The van der Waals surface area contributed by atoms with Gasteiger partial charge in [-0.3, -0.25) is 14.1 Å². The van der Waals surface area contributed by atoms with Crippen LogP contribution in [0.5, 0.6) is 0 Å². The predicted molar refractivity (Wildman–Crippen MR) is 237 cm³/mol. The summed E-state index contributed by atoms with van der Waals surface area (Å²) in [6.07, 6.45) is 28.9. The molecule has 0 bridgehead atoms. The molecule has 1 saturated heterocycles. The highest BCUT2D eigenvalue weighted by Gasteiger charge is 2.46. The molecule has 0 amide bonds. The Kier molecular flexibility index (Phi) is 35.3. The average Bonchev–Trinajstić information content (AvgIpc) is 3.21. The fourth-order valence-corrected chi connectivity index (χ4v) is 8.05. The minimum Gasteiger partial charge on any atom is -0.462 e. The minimum absolute atomic E-state index is 0.165. The third-order valence-electron chi connectivity index (χ3n) is 11.1. The molecule has 60 heavy (non-hydrogen) atoms. The monoisotopic (exact) mass is 875 g/mol. The van der Waals surface area contributed by atoms with E-state index in [2.05, 4.69) is 31.7 Å². The van der Waals surface area contributed by atoms with Gasteiger partial charge < -0.3 is 34.3 Å². The summed E-state index contributed by atoms with van der Waals surface area (Å²) in [4.78, 5) is 25.4. The van der Waals surface area contributed by atoms with E-state index in [1.54, 1.807) is 0 Å². The molecule has 0 saturated carbocycles. The SMILES string of the molecule is CCCCCCCC=C=CCCCCCCCC(=O)OC[C@H](CO[C@H]1O[C@H](CS(=O)(=O)O)[C@@H](O)C(O)C1O)OC(=O)CCCCCCCCCCCCCCCCCCC. The van der Waals surface area contributed by atoms with Crippen molar-refractivity contribution in [2.24, 2.45) is 0 Å². The van der Waals surface area contributed by atoms with Gasteiger partial charge in [0, 0.05) is 12.8 Å². The van der Waals surface area contributed by atoms with Crippen LogP contribution >= 0.6 is 0 Å². The average molecular weight is 875 g/mol. The Morgan fingerprint density at radius 3 is 1.45 bits per heavy atom. The van der Waals surface area contributed by atoms with Crippen molar-refractivity contribution in [3.63, 3.8) is 0 Å². The number of rotatable bonds is 40. The molecular formula is C47H86O12S. The lowest BCUT2D eigenvalue weighted by Gasteiger charge is -2.40. The van der Waals surface area contributed by atoms with Crippen molar-refractivity contribution in [3.05, 3.63) is 17.9 Å². The molecule has 0 aliphatic carbocycles. The number of allylic oxidation sites excluding steroid dienone is 1. The van der Waals surface area contributed by atoms with Gasteiger partial charge in [-0.1, -0.05) is 162 Å². The Balaban J connectivity index is 2.42. The molecule has 13 heteroatoms. The Labute approximate surface area is 364 Å². The van der Waals surface area contributed by atoms with E-state index in [0.717, 1.165) is 57.8 Å². The van der Waals surface area contributed by atoms with Crippen molar-refractivity contribution in [2.45, 2.75) is 250 Å². The van der Waals surface area contributed by atoms with Crippen LogP contribution in [0.3, 0.4) is 0 Å². The highest BCUT2D eigenvalue weighted by molar-refractivity contribution is 7.85. The van der Waals surface area contributed by atoms with Gasteiger partial charge in [0.05, 0.1) is 6.61 Å². The van der Waals surface area contributed by atoms with Crippen LogP contribution in [0, 0.1) is 0 Å². The molecule has 1 heterocycles. The highest BCUT2D eigenvalue weighted by atomic mass is 32.2. The van der Waals surface area contributed by atoms with Crippen LogP contribution in [0.1, 0.15) is 213 Å². The summed E-state index contributed by atoms with van der Waals surface area (Å²) in [5.74, 6) is -1.99. The van der Waals surface area contributed by atoms with Crippen molar-refractivity contribution in [1.82, 2.24) is 0 Å². The van der Waals surface area contributed by atoms with Crippen molar-refractivity contribution >= 4 is 22.1 Å². The first-order valence-electron chi connectivity index (χ1n) is 24.0. The summed E-state index contributed by atoms with van der Waals surface area (Å²) < 4.78 is 54.1. The van der Waals surface area contributed by atoms with E-state index >= 15 is 0 Å². The maximum atomic E-state index is 12.8. The molecule has 0 aromatic carbocycles. The first-order chi connectivity index (χ1) is 29.0. The van der Waals surface area contributed by atoms with Gasteiger partial charge >= 0.3 is 11.9 Å². The highest BCUT2D eigenvalue weighted by Crippen LogP contribution is 2.24. The maximum Gasteiger partial charge on any atom is 0.306 e. The van der Waals surface area contributed by atoms with E-state index in [1.165, 1.54) is 116 Å². The lowest BCUT2D eigenvalue weighted by Crippen LogP contribution is -2.60. The van der Waals surface area contributed by atoms with Gasteiger partial charge in [-0.25, -0.2) is 0 Å². The molecule has 352 valence electrons. The van der Waals surface area contributed by atoms with Crippen LogP contribution < -0.4 is 0 Å². The van der Waals surface area contributed by atoms with Crippen LogP contribution in [0.25, 0.3) is 0 Å². The molecule has 0 spiro atoms. The van der Waals surface area contributed by atoms with Gasteiger partial charge in [-0.05, 0) is 50.7 Å². The zero-order valence-electron chi connectivity index (χ0n) is 37.6. The number of aliphatic hydroxyl groups excluding tert-OH is 3. The molecule has 1 aliphatic rings. The molecule has 6 atom stereocenters. The van der Waals surface area contributed by atoms with Crippen molar-refractivity contribution in [3.8, 4) is 0 Å². The summed E-state index contributed by atoms with van der Waals surface area (Å²) in [5.41, 5.74) is 3.28. The normalized spacial score (nSPS) is 19.7. The predicted octanol–water partition coefficient (Wildman–Crippen LogP) is 10.00. The van der Waals surface area contributed by atoms with Gasteiger partial charge in [-0.15, -0.1) is 5.73 Å². The minimum atomic E-state index is -4.60. The maximum absolute atomic E-state index is 12.8. The Morgan fingerprint density at radius 1 is 0.583 bits per heavy atom. The Hall–Kier alpha value is -1.83. The topological polar surface area (TPSA) is 186 Å². The van der Waals surface area contributed by atoms with Gasteiger partial charge in [0.2, 0.25) is 0 Å². The van der Waals surface area contributed by atoms with E-state index in [9.17, 15) is 37.9 Å². The molecule has 2 unspecified atom stereocenters. The fourth-order valence-electron chi connectivity index (χ4n) is 7.36. The number of unbranched alkanes of at least 4 members (excludes halogenated alkanes) is 26. The molecule has 1 aliphatic heterocycles. The number of ether oxygens (including phenoxy) is 4. The van der Waals surface area contributed by atoms with Gasteiger partial charge in [0.25, 0.3) is 10.1 Å². The number of carbonyl (C=O) groups is 2. The van der Waals surface area contributed by atoms with Gasteiger partial charge in [-0.2, -0.15) is 8.42 Å². The first-order valence-corrected chi connectivity index (χ1v) is 25.6. The van der Waals surface area contributed by atoms with Crippen LogP contribution in [-0.4, -0.2) is 96.0 Å². The Bertz CT molecular complexity index is 1220. The molecule has 1 rings (SSSR count). The van der Waals surface area contributed by atoms with Crippen molar-refractivity contribution in [2.75, 3.05) is 19.0 Å². The number of aliphatic hydroxyl groups is 3. The number of hydrogen-bond acceptors (Lipinski definition) is 11. The summed E-state index contributed by atoms with van der Waals surface area (Å²) in [6.45, 7) is 3.75. The fraction of sp³-hybridized carbons (Fsp3) is 0.894. The van der Waals surface area contributed by atoms with Gasteiger partial charge in [0.1, 0.15) is 36.8 Å². The third kappa shape index (κ3) is 31.9. The van der Waals surface area contributed by atoms with E-state index < -0.39 is 71.2 Å². The van der Waals surface area contributed by atoms with Crippen LogP contribution in [-0.2, 0) is 38.7 Å². The standard InChI is InChI=1S/C47H86O12S/c1-3-5-7-9-11-13-15-17-19-20-22-24-26-28-30-32-34-36-43(49)58-40(38-57-47-46(52)45(51)44(50)41(59-47)39-60(53,54)55)37-56-42(48)35-33-31-29-27-25-23-21-18-16-14-12-10-8-6-4-2/h16,21,40-41,44-47,50-52H,3-15,17,19-20,22-39H2,1-2H3,(H,53,54,55)/t18?,40-,41-,44-,45?,46?,47+/m1/s1. The van der Waals surface area contributed by atoms with E-state index in [-0.39, 0.29) is 19.4 Å². The quantitative estimate of drug-likeness (QED) is 0.0198. The zero-order valence-corrected chi connectivity index (χ0v) is 38.4. The number of hydrogen-bond donors (Lipinski definition) is 4. The van der Waals surface area contributed by atoms with Crippen LogP contribution in [0.15, 0.2) is 17.9 Å². The largest absolute Gasteiger partial charge is 0.462 e. The van der Waals surface area contributed by atoms with Crippen molar-refractivity contribution < 1.29 is 56.8 Å². The second kappa shape index (κ2) is 37.7. The van der Waals surface area contributed by atoms with Gasteiger partial charge in [0.15, 0.2) is 12.4 Å². The first kappa shape index (κ1) is 56.2. The molecule has 0 radical (unpaired) electrons. The lowest BCUT2D eigenvalue weighted by molar-refractivity contribution is -0.297.